The number of benzene rings is 5. The van der Waals surface area contributed by atoms with Crippen LogP contribution >= 0.6 is 0 Å². The van der Waals surface area contributed by atoms with Crippen molar-refractivity contribution in [1.82, 2.24) is 0 Å². The Morgan fingerprint density at radius 2 is 1.24 bits per heavy atom. The van der Waals surface area contributed by atoms with Gasteiger partial charge in [0.2, 0.25) is 0 Å². The fourth-order valence-electron chi connectivity index (χ4n) is 4.85. The van der Waals surface area contributed by atoms with E-state index in [4.69, 9.17) is 9.47 Å². The van der Waals surface area contributed by atoms with Gasteiger partial charge in [-0.15, -0.1) is 0 Å². The van der Waals surface area contributed by atoms with E-state index in [1.807, 2.05) is 13.8 Å². The molecule has 5 rings (SSSR count). The molecule has 0 aliphatic carbocycles. The molecule has 0 saturated carbocycles. The summed E-state index contributed by atoms with van der Waals surface area (Å²) < 4.78 is 11.8. The molecule has 0 radical (unpaired) electrons. The molecule has 0 saturated heterocycles. The highest BCUT2D eigenvalue weighted by Crippen LogP contribution is 2.43. The van der Waals surface area contributed by atoms with Crippen molar-refractivity contribution >= 4 is 43.1 Å². The smallest absolute Gasteiger partial charge is 0.161 e. The molecule has 0 heterocycles. The average molecular weight is 383 g/mol. The van der Waals surface area contributed by atoms with Crippen molar-refractivity contribution in [2.75, 3.05) is 13.2 Å². The minimum atomic E-state index is -0.220. The molecule has 0 bridgehead atoms. The van der Waals surface area contributed by atoms with Gasteiger partial charge in [0, 0.05) is 19.6 Å². The van der Waals surface area contributed by atoms with Crippen LogP contribution in [-0.4, -0.2) is 19.5 Å². The highest BCUT2D eigenvalue weighted by Gasteiger charge is 2.19. The molecule has 0 aliphatic rings. The topological polar surface area (TPSA) is 18.5 Å². The van der Waals surface area contributed by atoms with Gasteiger partial charge in [0.1, 0.15) is 0 Å². The van der Waals surface area contributed by atoms with Crippen molar-refractivity contribution in [2.45, 2.75) is 33.5 Å². The predicted octanol–water partition coefficient (Wildman–Crippen LogP) is 6.99. The van der Waals surface area contributed by atoms with E-state index in [0.29, 0.717) is 13.2 Å². The summed E-state index contributed by atoms with van der Waals surface area (Å²) in [6.45, 7) is 7.57. The van der Waals surface area contributed by atoms with E-state index in [0.717, 1.165) is 6.42 Å². The molecule has 0 spiro atoms. The number of ether oxygens (including phenoxy) is 2. The minimum Gasteiger partial charge on any atom is -0.353 e. The molecule has 0 N–H and O–H groups in total. The van der Waals surface area contributed by atoms with Gasteiger partial charge < -0.3 is 9.47 Å². The lowest BCUT2D eigenvalue weighted by molar-refractivity contribution is -0.134. The number of hydrogen-bond donors (Lipinski definition) is 0. The monoisotopic (exact) mass is 382 g/mol. The molecule has 0 amide bonds. The maximum atomic E-state index is 5.90. The summed E-state index contributed by atoms with van der Waals surface area (Å²) in [7, 11) is 0. The second kappa shape index (κ2) is 7.29. The van der Waals surface area contributed by atoms with Crippen LogP contribution in [0.2, 0.25) is 0 Å². The van der Waals surface area contributed by atoms with E-state index in [1.165, 1.54) is 54.2 Å². The van der Waals surface area contributed by atoms with Gasteiger partial charge >= 0.3 is 0 Å². The molecule has 2 heteroatoms. The number of rotatable bonds is 6. The van der Waals surface area contributed by atoms with Crippen molar-refractivity contribution < 1.29 is 9.47 Å². The summed E-state index contributed by atoms with van der Waals surface area (Å²) in [5, 5.41) is 10.7. The molecule has 0 fully saturated rings. The molecule has 0 aromatic heterocycles. The molecule has 2 nitrogen and oxygen atoms in total. The zero-order chi connectivity index (χ0) is 20.0. The Labute approximate surface area is 171 Å². The van der Waals surface area contributed by atoms with Gasteiger partial charge in [-0.05, 0) is 75.0 Å². The van der Waals surface area contributed by atoms with Crippen LogP contribution in [-0.2, 0) is 15.9 Å². The summed E-state index contributed by atoms with van der Waals surface area (Å²) in [6.07, 6.45) is 0.529. The Morgan fingerprint density at radius 1 is 0.655 bits per heavy atom. The third kappa shape index (κ3) is 2.87. The van der Waals surface area contributed by atoms with Crippen LogP contribution < -0.4 is 0 Å². The van der Waals surface area contributed by atoms with Gasteiger partial charge in [-0.3, -0.25) is 0 Å². The van der Waals surface area contributed by atoms with E-state index >= 15 is 0 Å². The van der Waals surface area contributed by atoms with Crippen LogP contribution in [0.1, 0.15) is 25.0 Å². The van der Waals surface area contributed by atoms with Gasteiger partial charge in [0.05, 0.1) is 0 Å². The maximum absolute atomic E-state index is 5.90. The minimum absolute atomic E-state index is 0.220. The van der Waals surface area contributed by atoms with Gasteiger partial charge in [-0.2, -0.15) is 0 Å². The Balaban J connectivity index is 1.93. The van der Waals surface area contributed by atoms with Crippen molar-refractivity contribution in [3.63, 3.8) is 0 Å². The highest BCUT2D eigenvalue weighted by molar-refractivity contribution is 6.34. The van der Waals surface area contributed by atoms with Crippen molar-refractivity contribution in [3.05, 3.63) is 71.8 Å². The van der Waals surface area contributed by atoms with E-state index in [1.54, 1.807) is 0 Å². The third-order valence-corrected chi connectivity index (χ3v) is 6.02. The predicted molar refractivity (Wildman–Crippen MR) is 123 cm³/mol. The Kier molecular flexibility index (Phi) is 4.61. The summed E-state index contributed by atoms with van der Waals surface area (Å²) in [4.78, 5) is 0. The van der Waals surface area contributed by atoms with Crippen LogP contribution in [0.3, 0.4) is 0 Å². The zero-order valence-electron chi connectivity index (χ0n) is 17.3. The first-order valence-corrected chi connectivity index (χ1v) is 10.5. The second-order valence-electron chi connectivity index (χ2n) is 7.71. The Hall–Kier alpha value is -2.68. The van der Waals surface area contributed by atoms with E-state index in [9.17, 15) is 0 Å². The molecule has 5 aromatic carbocycles. The van der Waals surface area contributed by atoms with Gasteiger partial charge in [0.15, 0.2) is 6.29 Å². The molecule has 0 atom stereocenters. The maximum Gasteiger partial charge on any atom is 0.161 e. The van der Waals surface area contributed by atoms with Crippen LogP contribution in [0.4, 0.5) is 0 Å². The SMILES string of the molecule is CCOC(Cc1ccc2cccc3c4cccc5ccc(C)c(c1c23)c54)OCC. The average Bonchev–Trinajstić information content (AvgIpc) is 2.74. The normalized spacial score (nSPS) is 12.3. The molecule has 146 valence electrons. The summed E-state index contributed by atoms with van der Waals surface area (Å²) in [5.74, 6) is 0. The van der Waals surface area contributed by atoms with Gasteiger partial charge in [-0.25, -0.2) is 0 Å². The van der Waals surface area contributed by atoms with Gasteiger partial charge in [0.25, 0.3) is 0 Å². The van der Waals surface area contributed by atoms with E-state index < -0.39 is 0 Å². The Morgan fingerprint density at radius 3 is 1.86 bits per heavy atom. The van der Waals surface area contributed by atoms with Crippen LogP contribution in [0, 0.1) is 6.92 Å². The largest absolute Gasteiger partial charge is 0.353 e. The lowest BCUT2D eigenvalue weighted by Crippen LogP contribution is -2.20. The first kappa shape index (κ1) is 18.4. The molecular weight excluding hydrogens is 356 g/mol. The van der Waals surface area contributed by atoms with Crippen LogP contribution in [0.25, 0.3) is 43.1 Å². The summed E-state index contributed by atoms with van der Waals surface area (Å²) in [6, 6.07) is 22.3. The van der Waals surface area contributed by atoms with E-state index in [2.05, 4.69) is 67.6 Å². The molecule has 29 heavy (non-hydrogen) atoms. The van der Waals surface area contributed by atoms with Crippen LogP contribution in [0.15, 0.2) is 60.7 Å². The fourth-order valence-corrected chi connectivity index (χ4v) is 4.85. The fraction of sp³-hybridized carbons (Fsp3) is 0.259. The van der Waals surface area contributed by atoms with Crippen molar-refractivity contribution in [1.29, 1.82) is 0 Å². The highest BCUT2D eigenvalue weighted by atomic mass is 16.7. The van der Waals surface area contributed by atoms with Crippen molar-refractivity contribution in [2.24, 2.45) is 0 Å². The second-order valence-corrected chi connectivity index (χ2v) is 7.71. The zero-order valence-corrected chi connectivity index (χ0v) is 17.3. The van der Waals surface area contributed by atoms with Gasteiger partial charge in [-0.1, -0.05) is 60.7 Å². The third-order valence-electron chi connectivity index (χ3n) is 6.02. The first-order chi connectivity index (χ1) is 14.2. The van der Waals surface area contributed by atoms with E-state index in [-0.39, 0.29) is 6.29 Å². The summed E-state index contributed by atoms with van der Waals surface area (Å²) >= 11 is 0. The number of hydrogen-bond acceptors (Lipinski definition) is 2. The number of aryl methyl sites for hydroxylation is 1. The van der Waals surface area contributed by atoms with Crippen LogP contribution in [0.5, 0.6) is 0 Å². The Bertz CT molecular complexity index is 1310. The first-order valence-electron chi connectivity index (χ1n) is 10.5. The molecule has 5 aromatic rings. The summed E-state index contributed by atoms with van der Waals surface area (Å²) in [5.41, 5.74) is 2.61. The number of fused-ring (bicyclic) bond motifs is 2. The molecular formula is C27H26O2. The molecule has 0 unspecified atom stereocenters. The standard InChI is InChI=1S/C27H26O2/c1-4-28-23(29-5-2)16-20-15-14-19-9-7-11-22-21-10-6-8-18-13-12-17(3)24(25(18)21)27(20)26(19)22/h6-15,23H,4-5,16H2,1-3H3. The van der Waals surface area contributed by atoms with Crippen molar-refractivity contribution in [3.8, 4) is 0 Å². The quantitative estimate of drug-likeness (QED) is 0.179. The lowest BCUT2D eigenvalue weighted by Gasteiger charge is -2.21. The molecule has 0 aliphatic heterocycles. The lowest BCUT2D eigenvalue weighted by atomic mass is 9.85.